The van der Waals surface area contributed by atoms with E-state index in [0.717, 1.165) is 34.5 Å². The highest BCUT2D eigenvalue weighted by molar-refractivity contribution is 5.96. The molecule has 9 heteroatoms. The standard InChI is InChI=1S/C22H20N8O/c1-13-16-12-29(27-13)9-3-5-19(31)28(2)21-20(30-10-4-8-23-22(30)24-21)18-11-15-14(16)6-7-17(15)25-26-18/h4,6,8,10-12H,3,5,7,9H2,1-2H3. The van der Waals surface area contributed by atoms with E-state index in [1.807, 2.05) is 34.3 Å². The number of aryl methyl sites for hydroxylation is 2. The van der Waals surface area contributed by atoms with E-state index < -0.39 is 0 Å². The molecule has 0 unspecified atom stereocenters. The zero-order valence-electron chi connectivity index (χ0n) is 17.3. The Kier molecular flexibility index (Phi) is 3.80. The van der Waals surface area contributed by atoms with Crippen molar-refractivity contribution in [2.75, 3.05) is 11.9 Å². The van der Waals surface area contributed by atoms with E-state index in [0.29, 0.717) is 42.4 Å². The summed E-state index contributed by atoms with van der Waals surface area (Å²) in [6.07, 6.45) is 9.66. The molecule has 0 saturated heterocycles. The third kappa shape index (κ3) is 2.69. The minimum absolute atomic E-state index is 0.0134. The number of allylic oxidation sites excluding steroid dienone is 1. The lowest BCUT2D eigenvalue weighted by molar-refractivity contribution is -0.118. The molecule has 0 radical (unpaired) electrons. The van der Waals surface area contributed by atoms with Crippen LogP contribution in [0.3, 0.4) is 0 Å². The molecule has 0 aromatic carbocycles. The van der Waals surface area contributed by atoms with E-state index in [-0.39, 0.29) is 5.91 Å². The van der Waals surface area contributed by atoms with Crippen LogP contribution >= 0.6 is 0 Å². The van der Waals surface area contributed by atoms with Gasteiger partial charge in [0.05, 0.1) is 11.4 Å². The predicted octanol–water partition coefficient (Wildman–Crippen LogP) is 2.44. The summed E-state index contributed by atoms with van der Waals surface area (Å²) in [5.41, 5.74) is 6.55. The summed E-state index contributed by atoms with van der Waals surface area (Å²) in [5.74, 6) is 1.04. The maximum absolute atomic E-state index is 13.0. The number of hydrogen-bond acceptors (Lipinski definition) is 6. The van der Waals surface area contributed by atoms with Crippen molar-refractivity contribution in [2.45, 2.75) is 32.7 Å². The van der Waals surface area contributed by atoms with Gasteiger partial charge in [0.25, 0.3) is 0 Å². The maximum Gasteiger partial charge on any atom is 0.236 e. The third-order valence-electron chi connectivity index (χ3n) is 5.99. The maximum atomic E-state index is 13.0. The van der Waals surface area contributed by atoms with Crippen LogP contribution in [0.15, 0.2) is 36.8 Å². The summed E-state index contributed by atoms with van der Waals surface area (Å²) < 4.78 is 3.79. The lowest BCUT2D eigenvalue weighted by Gasteiger charge is -2.17. The van der Waals surface area contributed by atoms with Crippen molar-refractivity contribution in [3.05, 3.63) is 59.3 Å². The van der Waals surface area contributed by atoms with Crippen LogP contribution in [0.25, 0.3) is 22.7 Å². The van der Waals surface area contributed by atoms with Crippen LogP contribution in [-0.2, 0) is 17.8 Å². The zero-order valence-corrected chi connectivity index (χ0v) is 17.3. The van der Waals surface area contributed by atoms with Crippen molar-refractivity contribution in [3.8, 4) is 11.4 Å². The molecule has 2 aliphatic rings. The number of carbonyl (C=O) groups is 1. The summed E-state index contributed by atoms with van der Waals surface area (Å²) in [6.45, 7) is 2.70. The Morgan fingerprint density at radius 3 is 2.97 bits per heavy atom. The number of imidazole rings is 1. The molecule has 0 saturated carbocycles. The Balaban J connectivity index is 1.63. The van der Waals surface area contributed by atoms with Gasteiger partial charge >= 0.3 is 0 Å². The number of fused-ring (bicyclic) bond motifs is 8. The number of hydrogen-bond donors (Lipinski definition) is 0. The van der Waals surface area contributed by atoms with Gasteiger partial charge in [0.15, 0.2) is 5.82 Å². The normalized spacial score (nSPS) is 15.7. The van der Waals surface area contributed by atoms with Crippen LogP contribution < -0.4 is 4.90 Å². The first-order valence-electron chi connectivity index (χ1n) is 10.3. The van der Waals surface area contributed by atoms with Crippen LogP contribution in [0.4, 0.5) is 5.82 Å². The van der Waals surface area contributed by atoms with Crippen LogP contribution in [0.2, 0.25) is 0 Å². The minimum atomic E-state index is -0.0134. The monoisotopic (exact) mass is 412 g/mol. The summed E-state index contributed by atoms with van der Waals surface area (Å²) in [4.78, 5) is 23.6. The highest BCUT2D eigenvalue weighted by Crippen LogP contribution is 2.37. The van der Waals surface area contributed by atoms with Gasteiger partial charge in [-0.05, 0) is 31.1 Å². The summed E-state index contributed by atoms with van der Waals surface area (Å²) in [7, 11) is 1.75. The lowest BCUT2D eigenvalue weighted by atomic mass is 10.0. The van der Waals surface area contributed by atoms with Gasteiger partial charge in [0.2, 0.25) is 11.7 Å². The van der Waals surface area contributed by atoms with Gasteiger partial charge < -0.3 is 0 Å². The molecule has 6 rings (SSSR count). The van der Waals surface area contributed by atoms with Crippen molar-refractivity contribution in [1.82, 2.24) is 34.3 Å². The molecule has 154 valence electrons. The van der Waals surface area contributed by atoms with E-state index >= 15 is 0 Å². The molecular weight excluding hydrogens is 392 g/mol. The second-order valence-corrected chi connectivity index (χ2v) is 7.93. The van der Waals surface area contributed by atoms with Crippen molar-refractivity contribution < 1.29 is 4.79 Å². The van der Waals surface area contributed by atoms with Gasteiger partial charge in [-0.15, -0.1) is 5.10 Å². The van der Waals surface area contributed by atoms with Gasteiger partial charge in [-0.3, -0.25) is 18.8 Å². The summed E-state index contributed by atoms with van der Waals surface area (Å²) in [6, 6.07) is 3.88. The molecule has 4 aromatic heterocycles. The third-order valence-corrected chi connectivity index (χ3v) is 5.99. The quantitative estimate of drug-likeness (QED) is 0.440. The highest BCUT2D eigenvalue weighted by atomic mass is 16.2. The fourth-order valence-corrected chi connectivity index (χ4v) is 4.40. The highest BCUT2D eigenvalue weighted by Gasteiger charge is 2.27. The Morgan fingerprint density at radius 2 is 2.06 bits per heavy atom. The number of anilines is 1. The fourth-order valence-electron chi connectivity index (χ4n) is 4.40. The zero-order chi connectivity index (χ0) is 21.1. The molecule has 1 amide bonds. The number of rotatable bonds is 0. The van der Waals surface area contributed by atoms with E-state index in [1.54, 1.807) is 18.1 Å². The number of nitrogens with zero attached hydrogens (tertiary/aromatic N) is 8. The number of amides is 1. The molecule has 0 fully saturated rings. The van der Waals surface area contributed by atoms with Crippen molar-refractivity contribution >= 4 is 23.1 Å². The molecule has 9 nitrogen and oxygen atoms in total. The number of carbonyl (C=O) groups excluding carboxylic acids is 1. The minimum Gasteiger partial charge on any atom is -0.298 e. The molecule has 0 atom stereocenters. The van der Waals surface area contributed by atoms with Crippen LogP contribution in [0, 0.1) is 6.92 Å². The number of aromatic nitrogens is 7. The first-order valence-corrected chi connectivity index (χ1v) is 10.3. The van der Waals surface area contributed by atoms with Gasteiger partial charge in [0.1, 0.15) is 11.4 Å². The van der Waals surface area contributed by atoms with E-state index in [9.17, 15) is 4.79 Å². The van der Waals surface area contributed by atoms with Crippen molar-refractivity contribution in [1.29, 1.82) is 0 Å². The fraction of sp³-hybridized carbons (Fsp3) is 0.273. The van der Waals surface area contributed by atoms with Crippen molar-refractivity contribution in [3.63, 3.8) is 0 Å². The van der Waals surface area contributed by atoms with Gasteiger partial charge in [-0.2, -0.15) is 15.2 Å². The van der Waals surface area contributed by atoms with Gasteiger partial charge in [0, 0.05) is 56.2 Å². The summed E-state index contributed by atoms with van der Waals surface area (Å²) >= 11 is 0. The molecule has 5 heterocycles. The van der Waals surface area contributed by atoms with E-state index in [1.165, 1.54) is 0 Å². The molecule has 1 aliphatic heterocycles. The van der Waals surface area contributed by atoms with Crippen molar-refractivity contribution in [2.24, 2.45) is 0 Å². The Bertz CT molecular complexity index is 1400. The second-order valence-electron chi connectivity index (χ2n) is 7.93. The smallest absolute Gasteiger partial charge is 0.236 e. The lowest BCUT2D eigenvalue weighted by Crippen LogP contribution is -2.27. The van der Waals surface area contributed by atoms with Crippen LogP contribution in [-0.4, -0.2) is 47.3 Å². The van der Waals surface area contributed by atoms with Crippen LogP contribution in [0.1, 0.15) is 35.4 Å². The Hall–Kier alpha value is -3.88. The average Bonchev–Trinajstić information content (AvgIpc) is 3.46. The molecule has 31 heavy (non-hydrogen) atoms. The van der Waals surface area contributed by atoms with E-state index in [2.05, 4.69) is 37.5 Å². The molecule has 1 aliphatic carbocycles. The van der Waals surface area contributed by atoms with E-state index in [4.69, 9.17) is 0 Å². The molecule has 0 N–H and O–H groups in total. The first kappa shape index (κ1) is 17.9. The topological polar surface area (TPSA) is 94.1 Å². The second kappa shape index (κ2) is 6.56. The summed E-state index contributed by atoms with van der Waals surface area (Å²) in [5, 5.41) is 13.7. The Labute approximate surface area is 178 Å². The SMILES string of the molecule is Cc1nn2cc1C1=CCc3nnc(cc31)-c1c(nc3ncccn13)N(C)C(=O)CCC2. The predicted molar refractivity (Wildman–Crippen MR) is 114 cm³/mol. The largest absolute Gasteiger partial charge is 0.298 e. The van der Waals surface area contributed by atoms with Gasteiger partial charge in [-0.1, -0.05) is 6.08 Å². The molecule has 4 aromatic rings. The Morgan fingerprint density at radius 1 is 1.16 bits per heavy atom. The molecule has 0 spiro atoms. The average molecular weight is 412 g/mol. The first-order chi connectivity index (χ1) is 15.1. The molecular formula is C22H20N8O. The van der Waals surface area contributed by atoms with Gasteiger partial charge in [-0.25, -0.2) is 4.98 Å². The molecule has 4 bridgehead atoms. The van der Waals surface area contributed by atoms with Crippen LogP contribution in [0.5, 0.6) is 0 Å².